The van der Waals surface area contributed by atoms with Gasteiger partial charge in [-0.2, -0.15) is 4.68 Å². The number of para-hydroxylation sites is 1. The molecule has 0 radical (unpaired) electrons. The molecule has 0 N–H and O–H groups in total. The number of nitrogens with zero attached hydrogens (tertiary/aromatic N) is 5. The van der Waals surface area contributed by atoms with E-state index in [0.717, 1.165) is 24.5 Å². The minimum absolute atomic E-state index is 0.238. The molecule has 4 aromatic rings. The number of benzene rings is 2. The van der Waals surface area contributed by atoms with Crippen molar-refractivity contribution in [1.29, 1.82) is 0 Å². The summed E-state index contributed by atoms with van der Waals surface area (Å²) in [4.78, 5) is 3.97. The summed E-state index contributed by atoms with van der Waals surface area (Å²) in [6, 6.07) is 23.3. The highest BCUT2D eigenvalue weighted by Crippen LogP contribution is 2.38. The standard InChI is InChI=1S/C21H19N5S/c1-3-7-16(8-4-1)21-18-12-14-27-19(18)11-13-25(21)15-20-22-23-24-26(20)17-9-5-2-6-10-17/h1-10,12,14,21H,11,13,15H2/t21-/m1/s1. The van der Waals surface area contributed by atoms with Gasteiger partial charge in [0.25, 0.3) is 0 Å². The molecule has 134 valence electrons. The molecular weight excluding hydrogens is 354 g/mol. The van der Waals surface area contributed by atoms with Crippen molar-refractivity contribution in [1.82, 2.24) is 25.1 Å². The lowest BCUT2D eigenvalue weighted by atomic mass is 9.93. The van der Waals surface area contributed by atoms with Gasteiger partial charge in [0.15, 0.2) is 5.82 Å². The molecule has 1 aliphatic heterocycles. The molecule has 0 amide bonds. The van der Waals surface area contributed by atoms with Crippen LogP contribution in [-0.4, -0.2) is 31.7 Å². The van der Waals surface area contributed by atoms with E-state index >= 15 is 0 Å². The van der Waals surface area contributed by atoms with Crippen molar-refractivity contribution in [2.24, 2.45) is 0 Å². The Bertz CT molecular complexity index is 1020. The van der Waals surface area contributed by atoms with Crippen LogP contribution in [0.25, 0.3) is 5.69 Å². The second-order valence-corrected chi connectivity index (χ2v) is 7.68. The molecule has 1 aliphatic rings. The second-order valence-electron chi connectivity index (χ2n) is 6.68. The maximum Gasteiger partial charge on any atom is 0.170 e. The van der Waals surface area contributed by atoms with E-state index in [2.05, 4.69) is 62.2 Å². The van der Waals surface area contributed by atoms with Crippen LogP contribution in [0.1, 0.15) is 27.9 Å². The van der Waals surface area contributed by atoms with Crippen molar-refractivity contribution < 1.29 is 0 Å². The molecule has 27 heavy (non-hydrogen) atoms. The van der Waals surface area contributed by atoms with E-state index in [1.807, 2.05) is 46.4 Å². The van der Waals surface area contributed by atoms with Crippen LogP contribution in [0.5, 0.6) is 0 Å². The maximum absolute atomic E-state index is 4.32. The summed E-state index contributed by atoms with van der Waals surface area (Å²) in [6.45, 7) is 1.70. The summed E-state index contributed by atoms with van der Waals surface area (Å²) >= 11 is 1.86. The minimum Gasteiger partial charge on any atom is -0.284 e. The summed E-state index contributed by atoms with van der Waals surface area (Å²) in [6.07, 6.45) is 1.07. The third-order valence-electron chi connectivity index (χ3n) is 5.06. The van der Waals surface area contributed by atoms with Gasteiger partial charge in [-0.05, 0) is 51.6 Å². The normalized spacial score (nSPS) is 17.0. The lowest BCUT2D eigenvalue weighted by Crippen LogP contribution is -2.35. The molecular formula is C21H19N5S. The number of aromatic nitrogens is 4. The Hall–Kier alpha value is -2.83. The monoisotopic (exact) mass is 373 g/mol. The van der Waals surface area contributed by atoms with Crippen molar-refractivity contribution in [2.45, 2.75) is 19.0 Å². The van der Waals surface area contributed by atoms with Crippen LogP contribution in [0.15, 0.2) is 72.1 Å². The van der Waals surface area contributed by atoms with E-state index < -0.39 is 0 Å². The predicted octanol–water partition coefficient (Wildman–Crippen LogP) is 3.87. The molecule has 6 heteroatoms. The SMILES string of the molecule is c1ccc([C@@H]2c3ccsc3CCN2Cc2nnnn2-c2ccccc2)cc1. The largest absolute Gasteiger partial charge is 0.284 e. The third-order valence-corrected chi connectivity index (χ3v) is 6.06. The molecule has 1 atom stereocenters. The van der Waals surface area contributed by atoms with Gasteiger partial charge in [-0.3, -0.25) is 4.90 Å². The summed E-state index contributed by atoms with van der Waals surface area (Å²) in [5, 5.41) is 14.7. The molecule has 5 rings (SSSR count). The van der Waals surface area contributed by atoms with Crippen LogP contribution in [0.4, 0.5) is 0 Å². The van der Waals surface area contributed by atoms with E-state index in [9.17, 15) is 0 Å². The van der Waals surface area contributed by atoms with Crippen molar-refractivity contribution in [3.8, 4) is 5.69 Å². The number of hydrogen-bond donors (Lipinski definition) is 0. The molecule has 2 aromatic carbocycles. The Morgan fingerprint density at radius 3 is 2.56 bits per heavy atom. The molecule has 0 unspecified atom stereocenters. The van der Waals surface area contributed by atoms with E-state index in [1.165, 1.54) is 16.0 Å². The predicted molar refractivity (Wildman–Crippen MR) is 106 cm³/mol. The molecule has 5 nitrogen and oxygen atoms in total. The number of rotatable bonds is 4. The van der Waals surface area contributed by atoms with Crippen LogP contribution in [0.2, 0.25) is 0 Å². The zero-order valence-electron chi connectivity index (χ0n) is 14.8. The van der Waals surface area contributed by atoms with Gasteiger partial charge in [-0.25, -0.2) is 0 Å². The molecule has 0 saturated heterocycles. The first kappa shape index (κ1) is 16.4. The Kier molecular flexibility index (Phi) is 4.27. The average molecular weight is 373 g/mol. The molecule has 0 saturated carbocycles. The van der Waals surface area contributed by atoms with Gasteiger partial charge >= 0.3 is 0 Å². The van der Waals surface area contributed by atoms with Crippen molar-refractivity contribution in [3.05, 3.63) is 93.9 Å². The Morgan fingerprint density at radius 2 is 1.74 bits per heavy atom. The fraction of sp³-hybridized carbons (Fsp3) is 0.190. The van der Waals surface area contributed by atoms with Crippen LogP contribution < -0.4 is 0 Å². The van der Waals surface area contributed by atoms with E-state index in [4.69, 9.17) is 0 Å². The quantitative estimate of drug-likeness (QED) is 0.545. The van der Waals surface area contributed by atoms with Crippen molar-refractivity contribution >= 4 is 11.3 Å². The zero-order chi connectivity index (χ0) is 18.1. The summed E-state index contributed by atoms with van der Waals surface area (Å²) < 4.78 is 1.84. The van der Waals surface area contributed by atoms with Gasteiger partial charge in [0, 0.05) is 11.4 Å². The number of fused-ring (bicyclic) bond motifs is 1. The van der Waals surface area contributed by atoms with Gasteiger partial charge in [-0.15, -0.1) is 16.4 Å². The van der Waals surface area contributed by atoms with E-state index in [0.29, 0.717) is 6.54 Å². The molecule has 0 spiro atoms. The fourth-order valence-electron chi connectivity index (χ4n) is 3.82. The van der Waals surface area contributed by atoms with Gasteiger partial charge in [-0.1, -0.05) is 48.5 Å². The smallest absolute Gasteiger partial charge is 0.170 e. The third kappa shape index (κ3) is 3.07. The van der Waals surface area contributed by atoms with Gasteiger partial charge in [0.1, 0.15) is 0 Å². The second kappa shape index (κ2) is 7.06. The lowest BCUT2D eigenvalue weighted by Gasteiger charge is -2.35. The number of thiophene rings is 1. The average Bonchev–Trinajstić information content (AvgIpc) is 3.38. The highest BCUT2D eigenvalue weighted by Gasteiger charge is 2.30. The Morgan fingerprint density at radius 1 is 0.963 bits per heavy atom. The topological polar surface area (TPSA) is 46.8 Å². The summed E-state index contributed by atoms with van der Waals surface area (Å²) in [7, 11) is 0. The van der Waals surface area contributed by atoms with Crippen LogP contribution in [0.3, 0.4) is 0 Å². The highest BCUT2D eigenvalue weighted by molar-refractivity contribution is 7.10. The molecule has 2 aromatic heterocycles. The van der Waals surface area contributed by atoms with E-state index in [1.54, 1.807) is 0 Å². The lowest BCUT2D eigenvalue weighted by molar-refractivity contribution is 0.199. The zero-order valence-corrected chi connectivity index (χ0v) is 15.6. The number of hydrogen-bond acceptors (Lipinski definition) is 5. The Balaban J connectivity index is 1.51. The molecule has 3 heterocycles. The first-order valence-electron chi connectivity index (χ1n) is 9.08. The number of tetrazole rings is 1. The van der Waals surface area contributed by atoms with Gasteiger partial charge in [0.2, 0.25) is 0 Å². The van der Waals surface area contributed by atoms with Crippen LogP contribution in [-0.2, 0) is 13.0 Å². The fourth-order valence-corrected chi connectivity index (χ4v) is 4.72. The molecule has 0 fully saturated rings. The summed E-state index contributed by atoms with van der Waals surface area (Å²) in [5.41, 5.74) is 3.72. The van der Waals surface area contributed by atoms with Crippen LogP contribution >= 0.6 is 11.3 Å². The van der Waals surface area contributed by atoms with Crippen molar-refractivity contribution in [3.63, 3.8) is 0 Å². The van der Waals surface area contributed by atoms with Gasteiger partial charge < -0.3 is 0 Å². The van der Waals surface area contributed by atoms with Gasteiger partial charge in [0.05, 0.1) is 18.3 Å². The van der Waals surface area contributed by atoms with Crippen molar-refractivity contribution in [2.75, 3.05) is 6.54 Å². The minimum atomic E-state index is 0.238. The summed E-state index contributed by atoms with van der Waals surface area (Å²) in [5.74, 6) is 0.862. The Labute approximate surface area is 161 Å². The van der Waals surface area contributed by atoms with E-state index in [-0.39, 0.29) is 6.04 Å². The first-order chi connectivity index (χ1) is 13.4. The maximum atomic E-state index is 4.32. The highest BCUT2D eigenvalue weighted by atomic mass is 32.1. The molecule has 0 bridgehead atoms. The van der Waals surface area contributed by atoms with Crippen LogP contribution in [0, 0.1) is 0 Å². The molecule has 0 aliphatic carbocycles. The first-order valence-corrected chi connectivity index (χ1v) is 9.96.